The fourth-order valence-corrected chi connectivity index (χ4v) is 3.19. The van der Waals surface area contributed by atoms with Crippen LogP contribution < -0.4 is 0 Å². The van der Waals surface area contributed by atoms with Crippen LogP contribution in [0.2, 0.25) is 5.15 Å². The normalized spacial score (nSPS) is 13.8. The van der Waals surface area contributed by atoms with E-state index in [-0.39, 0.29) is 12.7 Å². The third-order valence-electron chi connectivity index (χ3n) is 4.15. The minimum atomic E-state index is -0.331. The number of amides is 1. The molecule has 3 heterocycles. The molecule has 0 spiro atoms. The van der Waals surface area contributed by atoms with Crippen molar-refractivity contribution in [2.24, 2.45) is 0 Å². The number of aromatic nitrogens is 3. The lowest BCUT2D eigenvalue weighted by molar-refractivity contribution is 0.0918. The molecule has 0 aliphatic carbocycles. The number of rotatable bonds is 2. The maximum absolute atomic E-state index is 12.4. The van der Waals surface area contributed by atoms with Gasteiger partial charge >= 0.3 is 6.09 Å². The predicted octanol–water partition coefficient (Wildman–Crippen LogP) is 3.26. The Labute approximate surface area is 143 Å². The van der Waals surface area contributed by atoms with E-state index in [9.17, 15) is 4.79 Å². The van der Waals surface area contributed by atoms with Crippen LogP contribution in [0.25, 0.3) is 11.4 Å². The van der Waals surface area contributed by atoms with Gasteiger partial charge in [-0.1, -0.05) is 41.9 Å². The Morgan fingerprint density at radius 3 is 3.00 bits per heavy atom. The molecule has 1 aromatic rings. The van der Waals surface area contributed by atoms with Crippen LogP contribution in [0.1, 0.15) is 16.8 Å². The fourth-order valence-electron chi connectivity index (χ4n) is 2.94. The summed E-state index contributed by atoms with van der Waals surface area (Å²) in [6.07, 6.45) is 1.87. The van der Waals surface area contributed by atoms with Gasteiger partial charge < -0.3 is 14.6 Å². The molecule has 0 saturated heterocycles. The first-order valence-electron chi connectivity index (χ1n) is 7.68. The van der Waals surface area contributed by atoms with Crippen molar-refractivity contribution in [2.75, 3.05) is 6.54 Å². The summed E-state index contributed by atoms with van der Waals surface area (Å²) < 4.78 is 5.41. The number of aromatic amines is 1. The van der Waals surface area contributed by atoms with Gasteiger partial charge in [0.15, 0.2) is 0 Å². The number of H-pyrrole nitrogens is 1. The highest BCUT2D eigenvalue weighted by atomic mass is 35.5. The standard InChI is InChI=1S/C17H15ClN4O2/c18-15-14-12-8-22(7-6-13(12)21-16(14)20-10-19-15)17(23)24-9-11-4-2-1-3-5-11/h1-5,10H,6-9H2,(H,19,20,21). The summed E-state index contributed by atoms with van der Waals surface area (Å²) in [5.41, 5.74) is 3.66. The third-order valence-corrected chi connectivity index (χ3v) is 4.44. The van der Waals surface area contributed by atoms with Gasteiger partial charge in [-0.15, -0.1) is 0 Å². The van der Waals surface area contributed by atoms with Crippen LogP contribution in [0.4, 0.5) is 4.79 Å². The zero-order valence-electron chi connectivity index (χ0n) is 12.8. The van der Waals surface area contributed by atoms with Crippen molar-refractivity contribution >= 4 is 17.7 Å². The van der Waals surface area contributed by atoms with Gasteiger partial charge in [-0.2, -0.15) is 0 Å². The first-order chi connectivity index (χ1) is 11.7. The second-order valence-corrected chi connectivity index (χ2v) is 6.02. The number of halogens is 1. The summed E-state index contributed by atoms with van der Waals surface area (Å²) >= 11 is 6.20. The number of benzene rings is 1. The van der Waals surface area contributed by atoms with Gasteiger partial charge in [0.2, 0.25) is 0 Å². The maximum atomic E-state index is 12.4. The molecule has 0 saturated carbocycles. The van der Waals surface area contributed by atoms with Gasteiger partial charge in [0.1, 0.15) is 17.6 Å². The van der Waals surface area contributed by atoms with Crippen molar-refractivity contribution in [1.82, 2.24) is 19.9 Å². The van der Waals surface area contributed by atoms with E-state index in [1.807, 2.05) is 30.3 Å². The minimum absolute atomic E-state index is 0.263. The van der Waals surface area contributed by atoms with Gasteiger partial charge in [-0.3, -0.25) is 0 Å². The maximum Gasteiger partial charge on any atom is 0.410 e. The topological polar surface area (TPSA) is 71.1 Å². The number of nitrogens with one attached hydrogen (secondary N) is 1. The highest BCUT2D eigenvalue weighted by Gasteiger charge is 2.29. The molecule has 0 aromatic heterocycles. The Hall–Kier alpha value is -2.60. The van der Waals surface area contributed by atoms with Crippen LogP contribution in [0.5, 0.6) is 0 Å². The zero-order valence-corrected chi connectivity index (χ0v) is 13.6. The summed E-state index contributed by atoms with van der Waals surface area (Å²) in [7, 11) is 0. The molecule has 4 rings (SSSR count). The number of hydrogen-bond acceptors (Lipinski definition) is 4. The Balaban J connectivity index is 1.50. The van der Waals surface area contributed by atoms with E-state index in [1.165, 1.54) is 6.33 Å². The van der Waals surface area contributed by atoms with Crippen LogP contribution in [-0.4, -0.2) is 32.5 Å². The minimum Gasteiger partial charge on any atom is -0.445 e. The number of hydrogen-bond donors (Lipinski definition) is 1. The molecule has 6 nitrogen and oxygen atoms in total. The SMILES string of the molecule is O=C(OCc1ccccc1)N1CCc2nc3[nH]cnc(Cl)c-3c2C1. The largest absolute Gasteiger partial charge is 0.445 e. The summed E-state index contributed by atoms with van der Waals surface area (Å²) in [5, 5.41) is 0.400. The molecule has 0 radical (unpaired) electrons. The number of ether oxygens (including phenoxy) is 1. The molecule has 122 valence electrons. The first-order valence-corrected chi connectivity index (χ1v) is 8.06. The van der Waals surface area contributed by atoms with Gasteiger partial charge in [0, 0.05) is 18.5 Å². The van der Waals surface area contributed by atoms with E-state index in [4.69, 9.17) is 16.3 Å². The Morgan fingerprint density at radius 1 is 1.33 bits per heavy atom. The molecule has 1 aromatic carbocycles. The summed E-state index contributed by atoms with van der Waals surface area (Å²) in [5.74, 6) is 0.708. The van der Waals surface area contributed by atoms with Crippen molar-refractivity contribution in [3.8, 4) is 11.4 Å². The smallest absolute Gasteiger partial charge is 0.410 e. The quantitative estimate of drug-likeness (QED) is 0.726. The van der Waals surface area contributed by atoms with E-state index >= 15 is 0 Å². The van der Waals surface area contributed by atoms with Gasteiger partial charge in [-0.25, -0.2) is 14.8 Å². The number of fused-ring (bicyclic) bond motifs is 3. The molecule has 24 heavy (non-hydrogen) atoms. The molecular formula is C17H15ClN4O2. The van der Waals surface area contributed by atoms with Crippen molar-refractivity contribution in [1.29, 1.82) is 0 Å². The van der Waals surface area contributed by atoms with Crippen molar-refractivity contribution in [3.63, 3.8) is 0 Å². The summed E-state index contributed by atoms with van der Waals surface area (Å²) in [6, 6.07) is 9.63. The monoisotopic (exact) mass is 342 g/mol. The number of carbonyl (C=O) groups excluding carboxylic acids is 1. The summed E-state index contributed by atoms with van der Waals surface area (Å²) in [4.78, 5) is 25.6. The molecule has 1 N–H and O–H groups in total. The van der Waals surface area contributed by atoms with Crippen LogP contribution >= 0.6 is 11.6 Å². The van der Waals surface area contributed by atoms with E-state index in [0.29, 0.717) is 30.5 Å². The van der Waals surface area contributed by atoms with Gasteiger partial charge in [0.05, 0.1) is 24.1 Å². The molecule has 0 atom stereocenters. The van der Waals surface area contributed by atoms with Crippen LogP contribution in [0, 0.1) is 0 Å². The molecule has 7 heteroatoms. The van der Waals surface area contributed by atoms with Crippen molar-refractivity contribution in [3.05, 3.63) is 58.6 Å². The van der Waals surface area contributed by atoms with E-state index in [1.54, 1.807) is 4.90 Å². The lowest BCUT2D eigenvalue weighted by Gasteiger charge is -2.26. The number of nitrogens with zero attached hydrogens (tertiary/aromatic N) is 3. The second-order valence-electron chi connectivity index (χ2n) is 5.67. The zero-order chi connectivity index (χ0) is 16.5. The van der Waals surface area contributed by atoms with E-state index in [2.05, 4.69) is 15.0 Å². The number of carbonyl (C=O) groups is 1. The predicted molar refractivity (Wildman–Crippen MR) is 88.8 cm³/mol. The molecule has 3 aliphatic rings. The molecular weight excluding hydrogens is 328 g/mol. The molecule has 0 unspecified atom stereocenters. The first kappa shape index (κ1) is 15.0. The molecule has 0 bridgehead atoms. The van der Waals surface area contributed by atoms with Crippen molar-refractivity contribution < 1.29 is 9.53 Å². The van der Waals surface area contributed by atoms with Crippen molar-refractivity contribution in [2.45, 2.75) is 19.6 Å². The average molecular weight is 343 g/mol. The van der Waals surface area contributed by atoms with Crippen LogP contribution in [0.3, 0.4) is 0 Å². The highest BCUT2D eigenvalue weighted by molar-refractivity contribution is 6.32. The van der Waals surface area contributed by atoms with Crippen LogP contribution in [-0.2, 0) is 24.3 Å². The molecule has 3 aliphatic heterocycles. The average Bonchev–Trinajstić information content (AvgIpc) is 2.99. The Kier molecular flexibility index (Phi) is 3.82. The summed E-state index contributed by atoms with van der Waals surface area (Å²) in [6.45, 7) is 1.27. The highest BCUT2D eigenvalue weighted by Crippen LogP contribution is 2.35. The van der Waals surface area contributed by atoms with Gasteiger partial charge in [0.25, 0.3) is 0 Å². The van der Waals surface area contributed by atoms with Gasteiger partial charge in [-0.05, 0) is 5.56 Å². The lowest BCUT2D eigenvalue weighted by atomic mass is 10.0. The van der Waals surface area contributed by atoms with E-state index < -0.39 is 0 Å². The Morgan fingerprint density at radius 2 is 2.17 bits per heavy atom. The molecule has 1 amide bonds. The Bertz CT molecular complexity index is 849. The van der Waals surface area contributed by atoms with Crippen LogP contribution in [0.15, 0.2) is 36.7 Å². The molecule has 0 fully saturated rings. The second kappa shape index (κ2) is 6.13. The lowest BCUT2D eigenvalue weighted by Crippen LogP contribution is -2.36. The van der Waals surface area contributed by atoms with E-state index in [0.717, 1.165) is 22.4 Å². The third kappa shape index (κ3) is 2.69. The fraction of sp³-hybridized carbons (Fsp3) is 0.235.